The zero-order valence-corrected chi connectivity index (χ0v) is 10.4. The fourth-order valence-electron chi connectivity index (χ4n) is 2.43. The van der Waals surface area contributed by atoms with Crippen LogP contribution in [0.5, 0.6) is 5.75 Å². The fourth-order valence-corrected chi connectivity index (χ4v) is 2.43. The van der Waals surface area contributed by atoms with Crippen LogP contribution in [0.1, 0.15) is 0 Å². The van der Waals surface area contributed by atoms with Gasteiger partial charge in [-0.2, -0.15) is 0 Å². The molecule has 0 bridgehead atoms. The summed E-state index contributed by atoms with van der Waals surface area (Å²) < 4.78 is 7.32. The van der Waals surface area contributed by atoms with Crippen molar-refractivity contribution in [2.45, 2.75) is 0 Å². The third kappa shape index (κ3) is 1.40. The van der Waals surface area contributed by atoms with E-state index in [4.69, 9.17) is 4.74 Å². The van der Waals surface area contributed by atoms with E-state index in [2.05, 4.69) is 20.4 Å². The number of methoxy groups -OCH3 is 1. The van der Waals surface area contributed by atoms with Crippen LogP contribution in [-0.4, -0.2) is 21.5 Å². The number of hydrogen-bond acceptors (Lipinski definition) is 3. The first-order valence-corrected chi connectivity index (χ1v) is 6.07. The Hall–Kier alpha value is -2.62. The number of fused-ring (bicyclic) bond motifs is 5. The van der Waals surface area contributed by atoms with Crippen LogP contribution in [0.3, 0.4) is 0 Å². The molecule has 2 aromatic carbocycles. The number of benzene rings is 2. The molecule has 4 aromatic rings. The number of imidazole rings is 1. The van der Waals surface area contributed by atoms with Crippen LogP contribution in [0.15, 0.2) is 48.7 Å². The fraction of sp³-hybridized carbons (Fsp3) is 0.0667. The Morgan fingerprint density at radius 2 is 1.95 bits per heavy atom. The van der Waals surface area contributed by atoms with E-state index in [0.717, 1.165) is 33.5 Å². The lowest BCUT2D eigenvalue weighted by atomic mass is 10.2. The summed E-state index contributed by atoms with van der Waals surface area (Å²) in [6.45, 7) is 0. The molecule has 0 fully saturated rings. The number of ether oxygens (including phenoxy) is 1. The quantitative estimate of drug-likeness (QED) is 0.520. The Kier molecular flexibility index (Phi) is 2.00. The molecule has 0 saturated heterocycles. The SMILES string of the molecule is COc1ccc2c(cnc3nc4ccccc4n32)c1. The number of aromatic nitrogens is 3. The smallest absolute Gasteiger partial charge is 0.235 e. The van der Waals surface area contributed by atoms with Gasteiger partial charge in [0, 0.05) is 11.6 Å². The molecule has 4 heteroatoms. The summed E-state index contributed by atoms with van der Waals surface area (Å²) in [4.78, 5) is 8.95. The monoisotopic (exact) mass is 249 g/mol. The van der Waals surface area contributed by atoms with Crippen molar-refractivity contribution in [3.63, 3.8) is 0 Å². The second-order valence-corrected chi connectivity index (χ2v) is 4.42. The van der Waals surface area contributed by atoms with Crippen molar-refractivity contribution >= 4 is 27.7 Å². The maximum Gasteiger partial charge on any atom is 0.235 e. The minimum Gasteiger partial charge on any atom is -0.497 e. The van der Waals surface area contributed by atoms with Gasteiger partial charge in [0.05, 0.1) is 23.7 Å². The zero-order chi connectivity index (χ0) is 12.8. The van der Waals surface area contributed by atoms with Crippen LogP contribution in [0.25, 0.3) is 27.7 Å². The van der Waals surface area contributed by atoms with Crippen LogP contribution in [0, 0.1) is 0 Å². The number of hydrogen-bond donors (Lipinski definition) is 0. The Labute approximate surface area is 109 Å². The van der Waals surface area contributed by atoms with Crippen molar-refractivity contribution < 1.29 is 4.74 Å². The Morgan fingerprint density at radius 3 is 2.84 bits per heavy atom. The van der Waals surface area contributed by atoms with Crippen LogP contribution >= 0.6 is 0 Å². The first kappa shape index (κ1) is 10.3. The largest absolute Gasteiger partial charge is 0.497 e. The second kappa shape index (κ2) is 3.68. The van der Waals surface area contributed by atoms with Gasteiger partial charge in [-0.05, 0) is 30.3 Å². The number of para-hydroxylation sites is 2. The number of rotatable bonds is 1. The summed E-state index contributed by atoms with van der Waals surface area (Å²) in [5.41, 5.74) is 3.11. The van der Waals surface area contributed by atoms with Crippen molar-refractivity contribution in [2.24, 2.45) is 0 Å². The van der Waals surface area contributed by atoms with Gasteiger partial charge in [0.15, 0.2) is 0 Å². The molecule has 4 nitrogen and oxygen atoms in total. The van der Waals surface area contributed by atoms with Crippen molar-refractivity contribution in [3.05, 3.63) is 48.7 Å². The van der Waals surface area contributed by atoms with Gasteiger partial charge in [0.25, 0.3) is 0 Å². The predicted molar refractivity (Wildman–Crippen MR) is 74.6 cm³/mol. The van der Waals surface area contributed by atoms with Gasteiger partial charge in [-0.25, -0.2) is 9.97 Å². The molecule has 0 saturated carbocycles. The van der Waals surface area contributed by atoms with Gasteiger partial charge in [-0.15, -0.1) is 0 Å². The average Bonchev–Trinajstić information content (AvgIpc) is 2.85. The second-order valence-electron chi connectivity index (χ2n) is 4.42. The lowest BCUT2D eigenvalue weighted by molar-refractivity contribution is 0.415. The van der Waals surface area contributed by atoms with Crippen LogP contribution in [0.2, 0.25) is 0 Å². The van der Waals surface area contributed by atoms with Gasteiger partial charge < -0.3 is 4.74 Å². The van der Waals surface area contributed by atoms with Gasteiger partial charge in [0.1, 0.15) is 5.75 Å². The molecular formula is C15H11N3O. The van der Waals surface area contributed by atoms with Crippen LogP contribution in [-0.2, 0) is 0 Å². The van der Waals surface area contributed by atoms with E-state index in [-0.39, 0.29) is 0 Å². The summed E-state index contributed by atoms with van der Waals surface area (Å²) in [6.07, 6.45) is 1.83. The van der Waals surface area contributed by atoms with Crippen LogP contribution < -0.4 is 4.74 Å². The van der Waals surface area contributed by atoms with E-state index >= 15 is 0 Å². The maximum atomic E-state index is 5.25. The van der Waals surface area contributed by atoms with Crippen molar-refractivity contribution in [3.8, 4) is 5.75 Å². The molecule has 2 aromatic heterocycles. The van der Waals surface area contributed by atoms with E-state index in [0.29, 0.717) is 0 Å². The molecule has 92 valence electrons. The molecule has 0 spiro atoms. The first-order chi connectivity index (χ1) is 9.36. The van der Waals surface area contributed by atoms with Gasteiger partial charge in [-0.1, -0.05) is 12.1 Å². The lowest BCUT2D eigenvalue weighted by Crippen LogP contribution is -1.92. The molecule has 4 rings (SSSR count). The molecule has 0 N–H and O–H groups in total. The zero-order valence-electron chi connectivity index (χ0n) is 10.4. The lowest BCUT2D eigenvalue weighted by Gasteiger charge is -2.04. The van der Waals surface area contributed by atoms with E-state index < -0.39 is 0 Å². The molecule has 0 atom stereocenters. The average molecular weight is 249 g/mol. The highest BCUT2D eigenvalue weighted by Gasteiger charge is 2.08. The maximum absolute atomic E-state index is 5.25. The third-order valence-electron chi connectivity index (χ3n) is 3.34. The standard InChI is InChI=1S/C15H11N3O/c1-19-11-6-7-13-10(8-11)9-16-15-17-12-4-2-3-5-14(12)18(13)15/h2-9H,1H3. The normalized spacial score (nSPS) is 11.4. The summed E-state index contributed by atoms with van der Waals surface area (Å²) in [6, 6.07) is 14.0. The summed E-state index contributed by atoms with van der Waals surface area (Å²) in [7, 11) is 1.67. The van der Waals surface area contributed by atoms with Crippen molar-refractivity contribution in [1.29, 1.82) is 0 Å². The Morgan fingerprint density at radius 1 is 1.05 bits per heavy atom. The molecule has 0 aliphatic heterocycles. The summed E-state index contributed by atoms with van der Waals surface area (Å²) in [5.74, 6) is 1.55. The van der Waals surface area contributed by atoms with E-state index in [1.807, 2.05) is 42.6 Å². The van der Waals surface area contributed by atoms with E-state index in [1.165, 1.54) is 0 Å². The minimum atomic E-state index is 0.721. The molecule has 0 radical (unpaired) electrons. The highest BCUT2D eigenvalue weighted by molar-refractivity contribution is 5.89. The summed E-state index contributed by atoms with van der Waals surface area (Å²) in [5, 5.41) is 1.04. The molecule has 0 aliphatic carbocycles. The molecule has 0 unspecified atom stereocenters. The predicted octanol–water partition coefficient (Wildman–Crippen LogP) is 3.04. The molecular weight excluding hydrogens is 238 g/mol. The van der Waals surface area contributed by atoms with Crippen molar-refractivity contribution in [2.75, 3.05) is 7.11 Å². The van der Waals surface area contributed by atoms with Crippen molar-refractivity contribution in [1.82, 2.24) is 14.4 Å². The van der Waals surface area contributed by atoms with Gasteiger partial charge >= 0.3 is 0 Å². The summed E-state index contributed by atoms with van der Waals surface area (Å²) >= 11 is 0. The Balaban J connectivity index is 2.23. The van der Waals surface area contributed by atoms with Crippen LogP contribution in [0.4, 0.5) is 0 Å². The van der Waals surface area contributed by atoms with Gasteiger partial charge in [-0.3, -0.25) is 4.40 Å². The topological polar surface area (TPSA) is 39.4 Å². The van der Waals surface area contributed by atoms with E-state index in [1.54, 1.807) is 7.11 Å². The minimum absolute atomic E-state index is 0.721. The van der Waals surface area contributed by atoms with E-state index in [9.17, 15) is 0 Å². The Bertz CT molecular complexity index is 911. The van der Waals surface area contributed by atoms with Gasteiger partial charge in [0.2, 0.25) is 5.78 Å². The molecule has 19 heavy (non-hydrogen) atoms. The molecule has 2 heterocycles. The highest BCUT2D eigenvalue weighted by Crippen LogP contribution is 2.24. The third-order valence-corrected chi connectivity index (χ3v) is 3.34. The molecule has 0 amide bonds. The molecule has 0 aliphatic rings. The highest BCUT2D eigenvalue weighted by atomic mass is 16.5. The number of nitrogens with zero attached hydrogens (tertiary/aromatic N) is 3. The first-order valence-electron chi connectivity index (χ1n) is 6.07.